The Morgan fingerprint density at radius 2 is 1.97 bits per heavy atom. The van der Waals surface area contributed by atoms with Crippen molar-refractivity contribution < 1.29 is 4.74 Å². The molecule has 0 unspecified atom stereocenters. The van der Waals surface area contributed by atoms with Crippen molar-refractivity contribution in [1.82, 2.24) is 29.9 Å². The van der Waals surface area contributed by atoms with Crippen LogP contribution in [-0.4, -0.2) is 63.1 Å². The van der Waals surface area contributed by atoms with Gasteiger partial charge < -0.3 is 19.5 Å². The van der Waals surface area contributed by atoms with Gasteiger partial charge in [-0.25, -0.2) is 9.67 Å². The van der Waals surface area contributed by atoms with Gasteiger partial charge in [0.05, 0.1) is 17.2 Å². The van der Waals surface area contributed by atoms with Crippen LogP contribution in [0.4, 0.5) is 5.69 Å². The molecule has 3 heterocycles. The Morgan fingerprint density at radius 3 is 2.76 bits per heavy atom. The Balaban J connectivity index is 1.24. The number of fused-ring (bicyclic) bond motifs is 1. The molecule has 0 radical (unpaired) electrons. The van der Waals surface area contributed by atoms with E-state index >= 15 is 0 Å². The van der Waals surface area contributed by atoms with E-state index in [-0.39, 0.29) is 6.61 Å². The fraction of sp³-hybridized carbons (Fsp3) is 0.261. The highest BCUT2D eigenvalue weighted by atomic mass is 16.5. The average molecular weight is 457 g/mol. The molecule has 11 heteroatoms. The molecular weight excluding hydrogens is 432 g/mol. The number of azide groups is 1. The second kappa shape index (κ2) is 9.65. The first kappa shape index (κ1) is 21.5. The number of hydrogen-bond acceptors (Lipinski definition) is 7. The van der Waals surface area contributed by atoms with Crippen LogP contribution in [0, 0.1) is 0 Å². The van der Waals surface area contributed by atoms with E-state index < -0.39 is 0 Å². The molecule has 0 bridgehead atoms. The summed E-state index contributed by atoms with van der Waals surface area (Å²) in [7, 11) is 2.16. The Kier molecular flexibility index (Phi) is 6.11. The third kappa shape index (κ3) is 4.85. The van der Waals surface area contributed by atoms with Crippen LogP contribution < -0.4 is 9.64 Å². The van der Waals surface area contributed by atoms with Gasteiger partial charge in [0.1, 0.15) is 23.9 Å². The van der Waals surface area contributed by atoms with E-state index in [0.717, 1.165) is 54.3 Å². The summed E-state index contributed by atoms with van der Waals surface area (Å²) in [5.41, 5.74) is 13.1. The van der Waals surface area contributed by atoms with Gasteiger partial charge in [-0.2, -0.15) is 0 Å². The van der Waals surface area contributed by atoms with Gasteiger partial charge in [0, 0.05) is 54.7 Å². The summed E-state index contributed by atoms with van der Waals surface area (Å²) in [6, 6.07) is 14.2. The first-order valence-electron chi connectivity index (χ1n) is 11.0. The van der Waals surface area contributed by atoms with E-state index in [1.165, 1.54) is 22.8 Å². The van der Waals surface area contributed by atoms with Gasteiger partial charge in [-0.3, -0.25) is 0 Å². The minimum absolute atomic E-state index is 0.272. The number of hydrogen-bond donors (Lipinski definition) is 1. The number of aromatic nitrogens is 5. The zero-order chi connectivity index (χ0) is 23.3. The highest BCUT2D eigenvalue weighted by molar-refractivity contribution is 5.83. The van der Waals surface area contributed by atoms with Crippen molar-refractivity contribution in [2.45, 2.75) is 6.61 Å². The number of anilines is 1. The van der Waals surface area contributed by atoms with Crippen molar-refractivity contribution in [2.24, 2.45) is 5.11 Å². The van der Waals surface area contributed by atoms with Crippen LogP contribution in [0.3, 0.4) is 0 Å². The standard InChI is InChI=1S/C23H24N10O/c1-31-10-12-32(13-11-31)19-4-7-21-22(14-19)27-23(26-21)17-2-5-20(6-3-17)34-16-18-15-33(30-28-18)9-8-25-29-24/h2-9,14-15H,10-13,16H2,1H3,(H,26,27)/b9-8+. The molecule has 2 aromatic heterocycles. The molecule has 5 rings (SSSR count). The maximum atomic E-state index is 8.29. The average Bonchev–Trinajstić information content (AvgIpc) is 3.50. The minimum Gasteiger partial charge on any atom is -0.487 e. The first-order chi connectivity index (χ1) is 16.7. The van der Waals surface area contributed by atoms with Crippen molar-refractivity contribution in [1.29, 1.82) is 0 Å². The first-order valence-corrected chi connectivity index (χ1v) is 11.0. The smallest absolute Gasteiger partial charge is 0.138 e. The number of benzene rings is 2. The number of nitrogens with zero attached hydrogens (tertiary/aromatic N) is 9. The summed E-state index contributed by atoms with van der Waals surface area (Å²) in [5.74, 6) is 1.54. The summed E-state index contributed by atoms with van der Waals surface area (Å²) in [6.45, 7) is 4.50. The quantitative estimate of drug-likeness (QED) is 0.256. The minimum atomic E-state index is 0.272. The van der Waals surface area contributed by atoms with Gasteiger partial charge in [0.15, 0.2) is 0 Å². The lowest BCUT2D eigenvalue weighted by Gasteiger charge is -2.34. The summed E-state index contributed by atoms with van der Waals surface area (Å²) in [6.07, 6.45) is 4.50. The van der Waals surface area contributed by atoms with Crippen LogP contribution in [0.2, 0.25) is 0 Å². The highest BCUT2D eigenvalue weighted by Gasteiger charge is 2.15. The van der Waals surface area contributed by atoms with E-state index in [1.807, 2.05) is 24.3 Å². The number of nitrogens with one attached hydrogen (secondary N) is 1. The molecule has 11 nitrogen and oxygen atoms in total. The van der Waals surface area contributed by atoms with E-state index in [9.17, 15) is 0 Å². The van der Waals surface area contributed by atoms with Crippen molar-refractivity contribution in [3.63, 3.8) is 0 Å². The predicted molar refractivity (Wildman–Crippen MR) is 130 cm³/mol. The van der Waals surface area contributed by atoms with Crippen molar-refractivity contribution in [2.75, 3.05) is 38.1 Å². The Labute approximate surface area is 195 Å². The fourth-order valence-corrected chi connectivity index (χ4v) is 3.84. The van der Waals surface area contributed by atoms with Crippen LogP contribution in [0.15, 0.2) is 60.0 Å². The third-order valence-corrected chi connectivity index (χ3v) is 5.74. The Morgan fingerprint density at radius 1 is 1.15 bits per heavy atom. The lowest BCUT2D eigenvalue weighted by Crippen LogP contribution is -2.44. The highest BCUT2D eigenvalue weighted by Crippen LogP contribution is 2.26. The van der Waals surface area contributed by atoms with Gasteiger partial charge in [-0.05, 0) is 55.0 Å². The van der Waals surface area contributed by atoms with E-state index in [2.05, 4.69) is 60.4 Å². The summed E-state index contributed by atoms with van der Waals surface area (Å²) >= 11 is 0. The molecule has 172 valence electrons. The van der Waals surface area contributed by atoms with Gasteiger partial charge >= 0.3 is 0 Å². The molecule has 1 fully saturated rings. The maximum absolute atomic E-state index is 8.29. The van der Waals surface area contributed by atoms with Gasteiger partial charge in [-0.1, -0.05) is 10.3 Å². The van der Waals surface area contributed by atoms with Gasteiger partial charge in [0.25, 0.3) is 0 Å². The molecule has 0 atom stereocenters. The van der Waals surface area contributed by atoms with Crippen molar-refractivity contribution in [3.05, 3.63) is 71.0 Å². The molecule has 0 amide bonds. The van der Waals surface area contributed by atoms with Gasteiger partial charge in [0.2, 0.25) is 0 Å². The van der Waals surface area contributed by atoms with Gasteiger partial charge in [-0.15, -0.1) is 5.10 Å². The monoisotopic (exact) mass is 456 g/mol. The number of H-pyrrole nitrogens is 1. The number of piperazine rings is 1. The molecule has 4 aromatic rings. The number of aromatic amines is 1. The Hall–Kier alpha value is -4.34. The predicted octanol–water partition coefficient (Wildman–Crippen LogP) is 3.89. The summed E-state index contributed by atoms with van der Waals surface area (Å²) in [4.78, 5) is 15.6. The van der Waals surface area contributed by atoms with Crippen LogP contribution in [-0.2, 0) is 6.61 Å². The lowest BCUT2D eigenvalue weighted by molar-refractivity contribution is 0.301. The maximum Gasteiger partial charge on any atom is 0.138 e. The van der Waals surface area contributed by atoms with E-state index in [0.29, 0.717) is 5.69 Å². The van der Waals surface area contributed by atoms with E-state index in [4.69, 9.17) is 15.3 Å². The molecular formula is C23H24N10O. The number of imidazole rings is 1. The molecule has 1 N–H and O–H groups in total. The summed E-state index contributed by atoms with van der Waals surface area (Å²) < 4.78 is 7.26. The summed E-state index contributed by atoms with van der Waals surface area (Å²) in [5, 5.41) is 11.3. The molecule has 34 heavy (non-hydrogen) atoms. The van der Waals surface area contributed by atoms with Crippen molar-refractivity contribution in [3.8, 4) is 17.1 Å². The van der Waals surface area contributed by atoms with Crippen molar-refractivity contribution >= 4 is 22.9 Å². The van der Waals surface area contributed by atoms with E-state index in [1.54, 1.807) is 6.20 Å². The molecule has 0 saturated carbocycles. The number of ether oxygens (including phenoxy) is 1. The van der Waals surface area contributed by atoms with Crippen LogP contribution in [0.25, 0.3) is 39.1 Å². The zero-order valence-electron chi connectivity index (χ0n) is 18.7. The van der Waals surface area contributed by atoms with Crippen LogP contribution in [0.5, 0.6) is 5.75 Å². The second-order valence-corrected chi connectivity index (χ2v) is 8.08. The fourth-order valence-electron chi connectivity index (χ4n) is 3.84. The van der Waals surface area contributed by atoms with Crippen LogP contribution >= 0.6 is 0 Å². The molecule has 1 aliphatic rings. The zero-order valence-corrected chi connectivity index (χ0v) is 18.7. The molecule has 1 aliphatic heterocycles. The number of rotatable bonds is 7. The molecule has 1 saturated heterocycles. The molecule has 0 spiro atoms. The lowest BCUT2D eigenvalue weighted by atomic mass is 10.2. The number of likely N-dealkylation sites (N-methyl/N-ethyl adjacent to an activating group) is 1. The molecule has 2 aromatic carbocycles. The topological polar surface area (TPSA) is 124 Å². The SMILES string of the molecule is CN1CCN(c2ccc3nc(-c4ccc(OCc5cn(/C=C/N=[N+]=[N-])nn5)cc4)[nH]c3c2)CC1. The Bertz CT molecular complexity index is 1340. The second-order valence-electron chi connectivity index (χ2n) is 8.08. The molecule has 0 aliphatic carbocycles. The third-order valence-electron chi connectivity index (χ3n) is 5.74. The largest absolute Gasteiger partial charge is 0.487 e. The normalized spacial score (nSPS) is 14.6. The van der Waals surface area contributed by atoms with Crippen LogP contribution in [0.1, 0.15) is 5.69 Å².